The van der Waals surface area contributed by atoms with E-state index in [-0.39, 0.29) is 30.1 Å². The molecule has 0 aliphatic carbocycles. The average Bonchev–Trinajstić information content (AvgIpc) is 2.89. The predicted molar refractivity (Wildman–Crippen MR) is 92.8 cm³/mol. The van der Waals surface area contributed by atoms with Gasteiger partial charge in [-0.1, -0.05) is 30.3 Å². The summed E-state index contributed by atoms with van der Waals surface area (Å²) >= 11 is 0. The Hall–Kier alpha value is -2.89. The quantitative estimate of drug-likeness (QED) is 0.819. The van der Waals surface area contributed by atoms with Crippen LogP contribution in [-0.4, -0.2) is 24.0 Å². The van der Waals surface area contributed by atoms with Gasteiger partial charge in [-0.15, -0.1) is 0 Å². The monoisotopic (exact) mass is 342 g/mol. The zero-order valence-electron chi connectivity index (χ0n) is 13.8. The molecule has 1 amide bonds. The minimum Gasteiger partial charge on any atom is -0.461 e. The molecule has 1 fully saturated rings. The Morgan fingerprint density at radius 2 is 2.00 bits per heavy atom. The van der Waals surface area contributed by atoms with E-state index >= 15 is 0 Å². The summed E-state index contributed by atoms with van der Waals surface area (Å²) in [7, 11) is 0. The number of nitrogens with one attached hydrogen (secondary N) is 2. The van der Waals surface area contributed by atoms with Crippen molar-refractivity contribution < 1.29 is 18.7 Å². The highest BCUT2D eigenvalue weighted by molar-refractivity contribution is 5.93. The molecule has 25 heavy (non-hydrogen) atoms. The zero-order chi connectivity index (χ0) is 17.8. The largest absolute Gasteiger partial charge is 0.461 e. The maximum absolute atomic E-state index is 14.0. The van der Waals surface area contributed by atoms with Gasteiger partial charge in [0, 0.05) is 12.1 Å². The summed E-state index contributed by atoms with van der Waals surface area (Å²) in [5, 5.41) is 5.59. The van der Waals surface area contributed by atoms with Crippen molar-refractivity contribution in [2.24, 2.45) is 0 Å². The molecular weight excluding hydrogens is 323 g/mol. The molecule has 2 aromatic rings. The Labute approximate surface area is 145 Å². The lowest BCUT2D eigenvalue weighted by atomic mass is 10.1. The fourth-order valence-electron chi connectivity index (χ4n) is 2.76. The van der Waals surface area contributed by atoms with E-state index in [0.29, 0.717) is 12.1 Å². The predicted octanol–water partition coefficient (Wildman–Crippen LogP) is 3.12. The number of anilines is 2. The number of amides is 1. The van der Waals surface area contributed by atoms with E-state index in [4.69, 9.17) is 4.74 Å². The molecule has 1 aliphatic heterocycles. The van der Waals surface area contributed by atoms with Gasteiger partial charge in [0.25, 0.3) is 0 Å². The second-order valence-electron chi connectivity index (χ2n) is 6.09. The van der Waals surface area contributed by atoms with Crippen LogP contribution in [0.4, 0.5) is 15.8 Å². The molecule has 2 atom stereocenters. The van der Waals surface area contributed by atoms with Crippen LogP contribution >= 0.6 is 0 Å². The summed E-state index contributed by atoms with van der Waals surface area (Å²) in [6.45, 7) is 1.82. The number of cyclic esters (lactones) is 1. The third-order valence-corrected chi connectivity index (χ3v) is 3.96. The number of esters is 1. The number of carbonyl (C=O) groups excluding carboxylic acids is 2. The first kappa shape index (κ1) is 17.0. The summed E-state index contributed by atoms with van der Waals surface area (Å²) in [5.41, 5.74) is 1.47. The van der Waals surface area contributed by atoms with Gasteiger partial charge in [-0.05, 0) is 30.7 Å². The van der Waals surface area contributed by atoms with Crippen LogP contribution in [0.25, 0.3) is 0 Å². The fourth-order valence-corrected chi connectivity index (χ4v) is 2.76. The average molecular weight is 342 g/mol. The fraction of sp³-hybridized carbons (Fsp3) is 0.263. The molecule has 2 unspecified atom stereocenters. The first-order valence-electron chi connectivity index (χ1n) is 8.11. The molecule has 5 nitrogen and oxygen atoms in total. The van der Waals surface area contributed by atoms with Gasteiger partial charge in [0.05, 0.1) is 12.1 Å². The summed E-state index contributed by atoms with van der Waals surface area (Å²) in [6, 6.07) is 13.0. The van der Waals surface area contributed by atoms with Crippen LogP contribution in [0.5, 0.6) is 0 Å². The van der Waals surface area contributed by atoms with Gasteiger partial charge in [-0.3, -0.25) is 4.79 Å². The van der Waals surface area contributed by atoms with Crippen molar-refractivity contribution in [1.82, 2.24) is 0 Å². The highest BCUT2D eigenvalue weighted by atomic mass is 19.1. The molecule has 2 aromatic carbocycles. The zero-order valence-corrected chi connectivity index (χ0v) is 13.8. The smallest absolute Gasteiger partial charge is 0.328 e. The Kier molecular flexibility index (Phi) is 4.97. The third kappa shape index (κ3) is 4.35. The Morgan fingerprint density at radius 1 is 1.24 bits per heavy atom. The van der Waals surface area contributed by atoms with E-state index < -0.39 is 11.9 Å². The number of halogens is 1. The number of carbonyl (C=O) groups is 2. The van der Waals surface area contributed by atoms with Gasteiger partial charge < -0.3 is 15.4 Å². The van der Waals surface area contributed by atoms with Crippen molar-refractivity contribution in [2.75, 3.05) is 10.6 Å². The topological polar surface area (TPSA) is 67.4 Å². The molecule has 1 aliphatic rings. The number of hydrogen-bond acceptors (Lipinski definition) is 4. The maximum Gasteiger partial charge on any atom is 0.328 e. The molecular formula is C19H19FN2O3. The van der Waals surface area contributed by atoms with Crippen molar-refractivity contribution >= 4 is 23.3 Å². The highest BCUT2D eigenvalue weighted by Crippen LogP contribution is 2.24. The van der Waals surface area contributed by atoms with Crippen molar-refractivity contribution in [3.05, 3.63) is 59.9 Å². The van der Waals surface area contributed by atoms with Crippen LogP contribution in [0, 0.1) is 5.82 Å². The second kappa shape index (κ2) is 7.34. The molecule has 6 heteroatoms. The molecule has 0 bridgehead atoms. The van der Waals surface area contributed by atoms with Gasteiger partial charge >= 0.3 is 5.97 Å². The first-order chi connectivity index (χ1) is 12.0. The SMILES string of the molecule is CC1CC(Nc2ccc(F)c(NC(=O)Cc3ccccc3)c2)C(=O)O1. The van der Waals surface area contributed by atoms with Crippen LogP contribution in [0.1, 0.15) is 18.9 Å². The summed E-state index contributed by atoms with van der Waals surface area (Å²) < 4.78 is 19.1. The van der Waals surface area contributed by atoms with Gasteiger partial charge in [0.2, 0.25) is 5.91 Å². The van der Waals surface area contributed by atoms with Crippen molar-refractivity contribution in [2.45, 2.75) is 31.9 Å². The standard InChI is InChI=1S/C19H19FN2O3/c1-12-9-17(19(24)25-12)21-14-7-8-15(20)16(11-14)22-18(23)10-13-5-3-2-4-6-13/h2-8,11-12,17,21H,9-10H2,1H3,(H,22,23). The number of hydrogen-bond donors (Lipinski definition) is 2. The van der Waals surface area contributed by atoms with Crippen LogP contribution < -0.4 is 10.6 Å². The molecule has 0 aromatic heterocycles. The molecule has 1 heterocycles. The minimum atomic E-state index is -0.533. The Bertz CT molecular complexity index is 779. The Balaban J connectivity index is 1.67. The van der Waals surface area contributed by atoms with E-state index in [1.54, 1.807) is 0 Å². The van der Waals surface area contributed by atoms with Gasteiger partial charge in [0.15, 0.2) is 0 Å². The number of rotatable bonds is 5. The normalized spacial score (nSPS) is 19.4. The van der Waals surface area contributed by atoms with Crippen LogP contribution in [-0.2, 0) is 20.7 Å². The lowest BCUT2D eigenvalue weighted by Gasteiger charge is -2.13. The number of benzene rings is 2. The summed E-state index contributed by atoms with van der Waals surface area (Å²) in [6.07, 6.45) is 0.562. The lowest BCUT2D eigenvalue weighted by molar-refractivity contribution is -0.141. The Morgan fingerprint density at radius 3 is 2.68 bits per heavy atom. The van der Waals surface area contributed by atoms with Crippen LogP contribution in [0.3, 0.4) is 0 Å². The molecule has 0 radical (unpaired) electrons. The van der Waals surface area contributed by atoms with Gasteiger partial charge in [-0.25, -0.2) is 9.18 Å². The number of ether oxygens (including phenoxy) is 1. The summed E-state index contributed by atoms with van der Waals surface area (Å²) in [4.78, 5) is 23.8. The van der Waals surface area contributed by atoms with Crippen LogP contribution in [0.15, 0.2) is 48.5 Å². The molecule has 0 spiro atoms. The molecule has 2 N–H and O–H groups in total. The molecule has 0 saturated carbocycles. The van der Waals surface area contributed by atoms with E-state index in [0.717, 1.165) is 5.56 Å². The second-order valence-corrected chi connectivity index (χ2v) is 6.09. The van der Waals surface area contributed by atoms with E-state index in [1.807, 2.05) is 37.3 Å². The maximum atomic E-state index is 14.0. The van der Waals surface area contributed by atoms with E-state index in [1.165, 1.54) is 18.2 Å². The molecule has 130 valence electrons. The highest BCUT2D eigenvalue weighted by Gasteiger charge is 2.31. The summed E-state index contributed by atoms with van der Waals surface area (Å²) in [5.74, 6) is -1.17. The first-order valence-corrected chi connectivity index (χ1v) is 8.11. The molecule has 3 rings (SSSR count). The van der Waals surface area contributed by atoms with Crippen molar-refractivity contribution in [3.8, 4) is 0 Å². The van der Waals surface area contributed by atoms with E-state index in [9.17, 15) is 14.0 Å². The minimum absolute atomic E-state index is 0.0744. The third-order valence-electron chi connectivity index (χ3n) is 3.96. The van der Waals surface area contributed by atoms with Crippen molar-refractivity contribution in [1.29, 1.82) is 0 Å². The van der Waals surface area contributed by atoms with E-state index in [2.05, 4.69) is 10.6 Å². The molecule has 1 saturated heterocycles. The van der Waals surface area contributed by atoms with Crippen molar-refractivity contribution in [3.63, 3.8) is 0 Å². The van der Waals surface area contributed by atoms with Crippen LogP contribution in [0.2, 0.25) is 0 Å². The van der Waals surface area contributed by atoms with Gasteiger partial charge in [0.1, 0.15) is 18.0 Å². The lowest BCUT2D eigenvalue weighted by Crippen LogP contribution is -2.24. The van der Waals surface area contributed by atoms with Gasteiger partial charge in [-0.2, -0.15) is 0 Å².